The summed E-state index contributed by atoms with van der Waals surface area (Å²) in [6.07, 6.45) is 0.553. The van der Waals surface area contributed by atoms with Crippen molar-refractivity contribution in [2.24, 2.45) is 0 Å². The average Bonchev–Trinajstić information content (AvgIpc) is 3.11. The number of methoxy groups -OCH3 is 3. The van der Waals surface area contributed by atoms with Gasteiger partial charge in [-0.15, -0.1) is 0 Å². The molecule has 4 rings (SSSR count). The fourth-order valence-corrected chi connectivity index (χ4v) is 4.96. The van der Waals surface area contributed by atoms with Crippen molar-refractivity contribution in [2.75, 3.05) is 26.6 Å². The predicted octanol–water partition coefficient (Wildman–Crippen LogP) is 4.76. The molecule has 0 heterocycles. The molecular weight excluding hydrogens is 526 g/mol. The summed E-state index contributed by atoms with van der Waals surface area (Å²) >= 11 is 0. The van der Waals surface area contributed by atoms with E-state index in [2.05, 4.69) is 16.0 Å². The third kappa shape index (κ3) is 6.71. The van der Waals surface area contributed by atoms with Gasteiger partial charge in [-0.1, -0.05) is 36.4 Å². The van der Waals surface area contributed by atoms with E-state index >= 15 is 0 Å². The molecule has 3 N–H and O–H groups in total. The molecule has 0 aromatic heterocycles. The van der Waals surface area contributed by atoms with Gasteiger partial charge in [0.05, 0.1) is 27.4 Å². The highest BCUT2D eigenvalue weighted by Crippen LogP contribution is 2.50. The van der Waals surface area contributed by atoms with E-state index in [0.29, 0.717) is 35.8 Å². The van der Waals surface area contributed by atoms with Crippen LogP contribution in [0.3, 0.4) is 0 Å². The number of hydrogen-bond acceptors (Lipinski definition) is 7. The molecule has 0 bridgehead atoms. The largest absolute Gasteiger partial charge is 0.493 e. The van der Waals surface area contributed by atoms with Crippen LogP contribution in [0.1, 0.15) is 43.0 Å². The number of carbonyl (C=O) groups is 3. The van der Waals surface area contributed by atoms with Crippen molar-refractivity contribution in [1.29, 1.82) is 0 Å². The molecule has 1 aliphatic carbocycles. The van der Waals surface area contributed by atoms with Crippen LogP contribution in [0.4, 0.5) is 10.5 Å². The predicted molar refractivity (Wildman–Crippen MR) is 154 cm³/mol. The van der Waals surface area contributed by atoms with Gasteiger partial charge < -0.3 is 34.9 Å². The maximum atomic E-state index is 13.0. The highest BCUT2D eigenvalue weighted by atomic mass is 16.5. The van der Waals surface area contributed by atoms with Crippen LogP contribution in [0.25, 0.3) is 11.1 Å². The molecule has 0 radical (unpaired) electrons. The lowest BCUT2D eigenvalue weighted by molar-refractivity contribution is -0.120. The molecule has 3 aromatic carbocycles. The molecule has 0 fully saturated rings. The third-order valence-corrected chi connectivity index (χ3v) is 6.90. The number of rotatable bonds is 9. The van der Waals surface area contributed by atoms with E-state index in [9.17, 15) is 14.4 Å². The van der Waals surface area contributed by atoms with E-state index in [0.717, 1.165) is 27.8 Å². The Kier molecular flexibility index (Phi) is 9.34. The van der Waals surface area contributed by atoms with Gasteiger partial charge in [-0.25, -0.2) is 4.79 Å². The van der Waals surface area contributed by atoms with Crippen molar-refractivity contribution in [3.63, 3.8) is 0 Å². The van der Waals surface area contributed by atoms with Crippen molar-refractivity contribution < 1.29 is 33.3 Å². The van der Waals surface area contributed by atoms with Crippen LogP contribution >= 0.6 is 0 Å². The molecule has 2 atom stereocenters. The summed E-state index contributed by atoms with van der Waals surface area (Å²) in [6, 6.07) is 15.5. The van der Waals surface area contributed by atoms with Crippen molar-refractivity contribution in [1.82, 2.24) is 10.6 Å². The second kappa shape index (κ2) is 13.1. The van der Waals surface area contributed by atoms with Gasteiger partial charge in [0.1, 0.15) is 12.6 Å². The standard InChI is InChI=1S/C31H35N3O7/c1-18(32-31(37)41-17-20-9-7-6-8-10-20)30(36)34-22-12-13-23-24(16-22)25(33-19(2)35)14-11-21-15-26(38-3)28(39-4)29(40-5)27(21)23/h6-10,12-13,15-16,18,25H,11,14,17H2,1-5H3,(H,32,37)(H,33,35)(H,34,36)/t18-,25?/m0/s1. The summed E-state index contributed by atoms with van der Waals surface area (Å²) in [5.74, 6) is 0.950. The summed E-state index contributed by atoms with van der Waals surface area (Å²) in [5, 5.41) is 8.45. The molecule has 0 spiro atoms. The fraction of sp³-hybridized carbons (Fsp3) is 0.323. The lowest BCUT2D eigenvalue weighted by Gasteiger charge is -2.22. The zero-order valence-corrected chi connectivity index (χ0v) is 23.8. The molecule has 1 aliphatic rings. The van der Waals surface area contributed by atoms with Crippen LogP contribution in [0.15, 0.2) is 54.6 Å². The normalized spacial score (nSPS) is 14.3. The van der Waals surface area contributed by atoms with Crippen molar-refractivity contribution >= 4 is 23.6 Å². The molecule has 10 heteroatoms. The fourth-order valence-electron chi connectivity index (χ4n) is 4.96. The van der Waals surface area contributed by atoms with Gasteiger partial charge in [0.2, 0.25) is 17.6 Å². The Morgan fingerprint density at radius 1 is 0.951 bits per heavy atom. The van der Waals surface area contributed by atoms with E-state index in [4.69, 9.17) is 18.9 Å². The minimum atomic E-state index is -0.860. The van der Waals surface area contributed by atoms with Gasteiger partial charge in [0.25, 0.3) is 0 Å². The maximum absolute atomic E-state index is 13.0. The first-order valence-corrected chi connectivity index (χ1v) is 13.3. The Labute approximate surface area is 239 Å². The van der Waals surface area contributed by atoms with Crippen LogP contribution < -0.4 is 30.2 Å². The lowest BCUT2D eigenvalue weighted by Crippen LogP contribution is -2.41. The van der Waals surface area contributed by atoms with E-state index in [1.807, 2.05) is 48.5 Å². The Morgan fingerprint density at radius 3 is 2.34 bits per heavy atom. The van der Waals surface area contributed by atoms with Crippen LogP contribution in [-0.2, 0) is 27.4 Å². The zero-order valence-electron chi connectivity index (χ0n) is 23.8. The maximum Gasteiger partial charge on any atom is 0.408 e. The Hall–Kier alpha value is -4.73. The summed E-state index contributed by atoms with van der Waals surface area (Å²) in [6.45, 7) is 3.14. The molecule has 10 nitrogen and oxygen atoms in total. The molecule has 0 aliphatic heterocycles. The number of aryl methyl sites for hydroxylation is 1. The number of anilines is 1. The highest BCUT2D eigenvalue weighted by Gasteiger charge is 2.30. The molecule has 216 valence electrons. The smallest absolute Gasteiger partial charge is 0.408 e. The van der Waals surface area contributed by atoms with E-state index < -0.39 is 18.0 Å². The summed E-state index contributed by atoms with van der Waals surface area (Å²) in [4.78, 5) is 37.4. The number of alkyl carbamates (subject to hydrolysis) is 1. The van der Waals surface area contributed by atoms with E-state index in [1.165, 1.54) is 6.92 Å². The first kappa shape index (κ1) is 29.3. The van der Waals surface area contributed by atoms with Gasteiger partial charge in [-0.3, -0.25) is 9.59 Å². The molecule has 41 heavy (non-hydrogen) atoms. The van der Waals surface area contributed by atoms with Crippen LogP contribution in [-0.4, -0.2) is 45.3 Å². The Bertz CT molecular complexity index is 1420. The third-order valence-electron chi connectivity index (χ3n) is 6.90. The number of nitrogens with one attached hydrogen (secondary N) is 3. The minimum Gasteiger partial charge on any atom is -0.493 e. The number of benzene rings is 3. The zero-order chi connectivity index (χ0) is 29.5. The van der Waals surface area contributed by atoms with Gasteiger partial charge in [0, 0.05) is 18.2 Å². The Morgan fingerprint density at radius 2 is 1.68 bits per heavy atom. The van der Waals surface area contributed by atoms with Crippen LogP contribution in [0.5, 0.6) is 17.2 Å². The van der Waals surface area contributed by atoms with Crippen molar-refractivity contribution in [3.8, 4) is 28.4 Å². The first-order valence-electron chi connectivity index (χ1n) is 13.3. The van der Waals surface area contributed by atoms with E-state index in [1.54, 1.807) is 34.3 Å². The van der Waals surface area contributed by atoms with Gasteiger partial charge >= 0.3 is 6.09 Å². The molecule has 3 amide bonds. The van der Waals surface area contributed by atoms with E-state index in [-0.39, 0.29) is 18.6 Å². The summed E-state index contributed by atoms with van der Waals surface area (Å²) in [7, 11) is 4.69. The number of amides is 3. The van der Waals surface area contributed by atoms with Gasteiger partial charge in [-0.05, 0) is 60.2 Å². The Balaban J connectivity index is 1.59. The van der Waals surface area contributed by atoms with Crippen molar-refractivity contribution in [3.05, 3.63) is 71.3 Å². The molecule has 0 saturated heterocycles. The lowest BCUT2D eigenvalue weighted by atomic mass is 9.93. The van der Waals surface area contributed by atoms with Crippen molar-refractivity contribution in [2.45, 2.75) is 45.4 Å². The number of ether oxygens (including phenoxy) is 4. The number of fused-ring (bicyclic) bond motifs is 3. The highest BCUT2D eigenvalue weighted by molar-refractivity contribution is 5.97. The van der Waals surface area contributed by atoms with Gasteiger partial charge in [-0.2, -0.15) is 0 Å². The molecule has 0 saturated carbocycles. The second-order valence-electron chi connectivity index (χ2n) is 9.69. The molecule has 1 unspecified atom stereocenters. The topological polar surface area (TPSA) is 124 Å². The number of carbonyl (C=O) groups excluding carboxylic acids is 3. The van der Waals surface area contributed by atoms with Crippen LogP contribution in [0.2, 0.25) is 0 Å². The quantitative estimate of drug-likeness (QED) is 0.344. The monoisotopic (exact) mass is 561 g/mol. The minimum absolute atomic E-state index is 0.0952. The SMILES string of the molecule is COc1cc2c(c(OC)c1OC)-c1ccc(NC(=O)[C@H](C)NC(=O)OCc3ccccc3)cc1C(NC(C)=O)CC2. The first-order chi connectivity index (χ1) is 19.7. The molecule has 3 aromatic rings. The van der Waals surface area contributed by atoms with Crippen LogP contribution in [0, 0.1) is 0 Å². The van der Waals surface area contributed by atoms with Gasteiger partial charge in [0.15, 0.2) is 11.5 Å². The second-order valence-corrected chi connectivity index (χ2v) is 9.69. The average molecular weight is 562 g/mol. The summed E-state index contributed by atoms with van der Waals surface area (Å²) < 4.78 is 22.2. The summed E-state index contributed by atoms with van der Waals surface area (Å²) in [5.41, 5.74) is 4.82. The molecular formula is C31H35N3O7. The number of hydrogen-bond donors (Lipinski definition) is 3.